The second-order valence-electron chi connectivity index (χ2n) is 6.67. The molecule has 3 fully saturated rings. The minimum Gasteiger partial charge on any atom is -0.379 e. The highest BCUT2D eigenvalue weighted by molar-refractivity contribution is 6.02. The lowest BCUT2D eigenvalue weighted by atomic mass is 9.80. The molecule has 1 atom stereocenters. The third-order valence-corrected chi connectivity index (χ3v) is 5.77. The van der Waals surface area contributed by atoms with E-state index in [-0.39, 0.29) is 17.9 Å². The molecule has 2 aliphatic heterocycles. The molecule has 0 bridgehead atoms. The number of carbonyl (C=O) groups excluding carboxylic acids is 2. The van der Waals surface area contributed by atoms with Crippen molar-refractivity contribution < 1.29 is 14.3 Å². The Balaban J connectivity index is 2.02. The second kappa shape index (κ2) is 5.27. The number of piperazine rings is 1. The molecule has 3 aliphatic rings. The van der Waals surface area contributed by atoms with Gasteiger partial charge in [0.15, 0.2) is 0 Å². The van der Waals surface area contributed by atoms with E-state index in [0.29, 0.717) is 26.1 Å². The van der Waals surface area contributed by atoms with Crippen molar-refractivity contribution in [3.05, 3.63) is 0 Å². The highest BCUT2D eigenvalue weighted by atomic mass is 16.5. The Kier molecular flexibility index (Phi) is 3.72. The second-order valence-corrected chi connectivity index (χ2v) is 6.67. The number of carbonyl (C=O) groups is 2. The van der Waals surface area contributed by atoms with Crippen molar-refractivity contribution >= 4 is 11.8 Å². The first-order chi connectivity index (χ1) is 10.1. The topological polar surface area (TPSA) is 58.6 Å². The van der Waals surface area contributed by atoms with Crippen LogP contribution in [0.2, 0.25) is 0 Å². The van der Waals surface area contributed by atoms with Gasteiger partial charge in [-0.15, -0.1) is 0 Å². The Morgan fingerprint density at radius 1 is 1.24 bits per heavy atom. The fraction of sp³-hybridized carbons (Fsp3) is 0.875. The summed E-state index contributed by atoms with van der Waals surface area (Å²) < 4.78 is 5.51. The first-order valence-electron chi connectivity index (χ1n) is 8.34. The lowest BCUT2D eigenvalue weighted by Gasteiger charge is -2.53. The monoisotopic (exact) mass is 294 g/mol. The van der Waals surface area contributed by atoms with E-state index in [0.717, 1.165) is 32.1 Å². The molecule has 2 saturated heterocycles. The van der Waals surface area contributed by atoms with Crippen LogP contribution in [0.3, 0.4) is 0 Å². The van der Waals surface area contributed by atoms with Crippen molar-refractivity contribution in [3.8, 4) is 0 Å². The zero-order chi connectivity index (χ0) is 15.1. The summed E-state index contributed by atoms with van der Waals surface area (Å²) in [6.07, 6.45) is 5.79. The first kappa shape index (κ1) is 14.8. The van der Waals surface area contributed by atoms with Gasteiger partial charge in [0.1, 0.15) is 11.1 Å². The molecular formula is C16H26N2O3. The van der Waals surface area contributed by atoms with Gasteiger partial charge in [-0.3, -0.25) is 9.59 Å². The maximum atomic E-state index is 13.3. The molecule has 0 radical (unpaired) electrons. The third-order valence-electron chi connectivity index (χ3n) is 5.77. The van der Waals surface area contributed by atoms with Crippen molar-refractivity contribution in [2.75, 3.05) is 13.2 Å². The summed E-state index contributed by atoms with van der Waals surface area (Å²) in [5.74, 6) is 0.180. The van der Waals surface area contributed by atoms with Gasteiger partial charge >= 0.3 is 0 Å². The van der Waals surface area contributed by atoms with E-state index in [4.69, 9.17) is 4.74 Å². The average Bonchev–Trinajstić information content (AvgIpc) is 3.16. The molecule has 2 heterocycles. The summed E-state index contributed by atoms with van der Waals surface area (Å²) in [5, 5.41) is 3.09. The molecule has 5 nitrogen and oxygen atoms in total. The van der Waals surface area contributed by atoms with Gasteiger partial charge in [-0.1, -0.05) is 26.7 Å². The molecule has 2 amide bonds. The molecule has 0 aromatic carbocycles. The van der Waals surface area contributed by atoms with Gasteiger partial charge in [-0.2, -0.15) is 0 Å². The van der Waals surface area contributed by atoms with E-state index >= 15 is 0 Å². The Morgan fingerprint density at radius 2 is 1.90 bits per heavy atom. The quantitative estimate of drug-likeness (QED) is 0.860. The van der Waals surface area contributed by atoms with Crippen LogP contribution in [-0.4, -0.2) is 47.0 Å². The van der Waals surface area contributed by atoms with Gasteiger partial charge in [0.2, 0.25) is 11.8 Å². The maximum absolute atomic E-state index is 13.3. The van der Waals surface area contributed by atoms with Crippen LogP contribution in [0.25, 0.3) is 0 Å². The zero-order valence-electron chi connectivity index (χ0n) is 13.1. The van der Waals surface area contributed by atoms with Crippen molar-refractivity contribution in [2.45, 2.75) is 75.9 Å². The lowest BCUT2D eigenvalue weighted by molar-refractivity contribution is -0.167. The van der Waals surface area contributed by atoms with Gasteiger partial charge in [-0.25, -0.2) is 0 Å². The summed E-state index contributed by atoms with van der Waals surface area (Å²) in [5.41, 5.74) is -1.32. The van der Waals surface area contributed by atoms with Crippen LogP contribution < -0.4 is 5.32 Å². The molecule has 0 aromatic heterocycles. The van der Waals surface area contributed by atoms with E-state index in [9.17, 15) is 9.59 Å². The molecule has 21 heavy (non-hydrogen) atoms. The summed E-state index contributed by atoms with van der Waals surface area (Å²) in [7, 11) is 0. The fourth-order valence-electron chi connectivity index (χ4n) is 4.32. The highest BCUT2D eigenvalue weighted by Gasteiger charge is 2.60. The molecular weight excluding hydrogens is 268 g/mol. The number of rotatable bonds is 3. The molecule has 1 aliphatic carbocycles. The van der Waals surface area contributed by atoms with Crippen molar-refractivity contribution in [3.63, 3.8) is 0 Å². The largest absolute Gasteiger partial charge is 0.379 e. The van der Waals surface area contributed by atoms with Crippen molar-refractivity contribution in [1.29, 1.82) is 0 Å². The molecule has 1 unspecified atom stereocenters. The third kappa shape index (κ3) is 2.00. The Bertz CT molecular complexity index is 433. The first-order valence-corrected chi connectivity index (χ1v) is 8.34. The fourth-order valence-corrected chi connectivity index (χ4v) is 4.32. The van der Waals surface area contributed by atoms with Crippen LogP contribution >= 0.6 is 0 Å². The Morgan fingerprint density at radius 3 is 2.43 bits per heavy atom. The molecule has 1 saturated carbocycles. The molecule has 1 N–H and O–H groups in total. The molecule has 0 aromatic rings. The van der Waals surface area contributed by atoms with Gasteiger partial charge in [0, 0.05) is 6.61 Å². The van der Waals surface area contributed by atoms with Crippen molar-refractivity contribution in [2.24, 2.45) is 0 Å². The molecule has 1 spiro atoms. The normalized spacial score (nSPS) is 31.0. The predicted molar refractivity (Wildman–Crippen MR) is 78.7 cm³/mol. The number of ether oxygens (including phenoxy) is 1. The van der Waals surface area contributed by atoms with Crippen molar-refractivity contribution in [1.82, 2.24) is 10.2 Å². The van der Waals surface area contributed by atoms with E-state index in [1.165, 1.54) is 0 Å². The number of nitrogens with one attached hydrogen (secondary N) is 1. The van der Waals surface area contributed by atoms with Crippen LogP contribution in [0.5, 0.6) is 0 Å². The number of hydrogen-bond acceptors (Lipinski definition) is 3. The standard InChI is InChI=1S/C16H26N2O3/c1-3-15(4-2)14(20)18(12-7-10-21-11-12)16(13(19)17-15)8-5-6-9-16/h12H,3-11H2,1-2H3,(H,17,19). The maximum Gasteiger partial charge on any atom is 0.249 e. The number of hydrogen-bond donors (Lipinski definition) is 1. The molecule has 118 valence electrons. The van der Waals surface area contributed by atoms with E-state index in [1.807, 2.05) is 18.7 Å². The van der Waals surface area contributed by atoms with Crippen LogP contribution in [0.15, 0.2) is 0 Å². The number of amides is 2. The minimum atomic E-state index is -0.715. The summed E-state index contributed by atoms with van der Waals surface area (Å²) >= 11 is 0. The van der Waals surface area contributed by atoms with Gasteiger partial charge in [0.25, 0.3) is 0 Å². The summed E-state index contributed by atoms with van der Waals surface area (Å²) in [4.78, 5) is 28.1. The average molecular weight is 294 g/mol. The lowest BCUT2D eigenvalue weighted by Crippen LogP contribution is -2.76. The SMILES string of the molecule is CCC1(CC)NC(=O)C2(CCCC2)N(C2CCOC2)C1=O. The smallest absolute Gasteiger partial charge is 0.249 e. The van der Waals surface area contributed by atoms with Crippen LogP contribution in [0.4, 0.5) is 0 Å². The predicted octanol–water partition coefficient (Wildman–Crippen LogP) is 1.61. The highest BCUT2D eigenvalue weighted by Crippen LogP contribution is 2.43. The van der Waals surface area contributed by atoms with Crippen LogP contribution in [0.1, 0.15) is 58.8 Å². The Hall–Kier alpha value is -1.10. The molecule has 3 rings (SSSR count). The minimum absolute atomic E-state index is 0.0650. The van der Waals surface area contributed by atoms with Crippen LogP contribution in [-0.2, 0) is 14.3 Å². The molecule has 5 heteroatoms. The summed E-state index contributed by atoms with van der Waals surface area (Å²) in [6.45, 7) is 5.23. The van der Waals surface area contributed by atoms with E-state index in [1.54, 1.807) is 0 Å². The van der Waals surface area contributed by atoms with Gasteiger partial charge < -0.3 is 15.0 Å². The van der Waals surface area contributed by atoms with Crippen LogP contribution in [0, 0.1) is 0 Å². The van der Waals surface area contributed by atoms with Gasteiger partial charge in [0.05, 0.1) is 12.6 Å². The van der Waals surface area contributed by atoms with Gasteiger partial charge in [-0.05, 0) is 32.1 Å². The van der Waals surface area contributed by atoms with E-state index in [2.05, 4.69) is 5.32 Å². The number of nitrogens with zero attached hydrogens (tertiary/aromatic N) is 1. The Labute approximate surface area is 126 Å². The summed E-state index contributed by atoms with van der Waals surface area (Å²) in [6, 6.07) is 0.0686. The van der Waals surface area contributed by atoms with E-state index < -0.39 is 11.1 Å². The zero-order valence-corrected chi connectivity index (χ0v) is 13.1.